The van der Waals surface area contributed by atoms with Crippen LogP contribution < -0.4 is 18.6 Å². The molecule has 0 aliphatic heterocycles. The van der Waals surface area contributed by atoms with Gasteiger partial charge in [0.05, 0.1) is 38.2 Å². The van der Waals surface area contributed by atoms with Gasteiger partial charge in [0.1, 0.15) is 37.1 Å². The van der Waals surface area contributed by atoms with Gasteiger partial charge in [-0.2, -0.15) is 22.3 Å². The van der Waals surface area contributed by atoms with Crippen LogP contribution in [0.25, 0.3) is 43.6 Å². The van der Waals surface area contributed by atoms with Crippen LogP contribution in [-0.4, -0.2) is 51.7 Å². The van der Waals surface area contributed by atoms with E-state index in [0.29, 0.717) is 49.9 Å². The number of aromatic carboxylic acids is 1. The van der Waals surface area contributed by atoms with E-state index in [1.165, 1.54) is 12.1 Å². The van der Waals surface area contributed by atoms with E-state index in [0.717, 1.165) is 44.1 Å². The fraction of sp³-hybridized carbons (Fsp3) is 0.180. The monoisotopic (exact) mass is 939 g/mol. The first-order valence-electron chi connectivity index (χ1n) is 19.8. The number of halogens is 3. The van der Waals surface area contributed by atoms with Gasteiger partial charge in [-0.15, -0.1) is 0 Å². The number of hydrogen-bond donors (Lipinski definition) is 3. The molecule has 0 saturated carbocycles. The van der Waals surface area contributed by atoms with E-state index in [-0.39, 0.29) is 24.5 Å². The molecule has 6 aromatic carbocycles. The largest absolute Gasteiger partial charge is 0.741 e. The molecular formula is C50H46F3N2O11S+. The lowest BCUT2D eigenvalue weighted by Crippen LogP contribution is -2.31. The summed E-state index contributed by atoms with van der Waals surface area (Å²) in [5, 5.41) is 32.0. The van der Waals surface area contributed by atoms with Crippen molar-refractivity contribution >= 4 is 71.6 Å². The van der Waals surface area contributed by atoms with E-state index in [2.05, 4.69) is 0 Å². The quantitative estimate of drug-likeness (QED) is 0.0371. The summed E-state index contributed by atoms with van der Waals surface area (Å²) >= 11 is 0. The summed E-state index contributed by atoms with van der Waals surface area (Å²) in [7, 11) is -2.24. The first-order chi connectivity index (χ1) is 30.9. The number of esters is 2. The zero-order valence-corrected chi connectivity index (χ0v) is 37.3. The van der Waals surface area contributed by atoms with Crippen molar-refractivity contribution in [3.05, 3.63) is 154 Å². The molecule has 17 heteroatoms. The number of benzene rings is 6. The Hall–Kier alpha value is -7.63. The van der Waals surface area contributed by atoms with Crippen LogP contribution in [0.2, 0.25) is 0 Å². The maximum atomic E-state index is 13.4. The van der Waals surface area contributed by atoms with Gasteiger partial charge >= 0.3 is 23.4 Å². The lowest BCUT2D eigenvalue weighted by atomic mass is 10.0. The number of aryl methyl sites for hydroxylation is 7. The van der Waals surface area contributed by atoms with Crippen molar-refractivity contribution < 1.29 is 74.5 Å². The number of nitrogens with zero attached hydrogens (tertiary/aromatic N) is 2. The summed E-state index contributed by atoms with van der Waals surface area (Å²) in [5.74, 6) is -0.970. The number of carbonyl (C=O) groups excluding carboxylic acids is 2. The zero-order chi connectivity index (χ0) is 48.6. The number of aromatic nitrogens is 2. The first-order valence-corrected chi connectivity index (χ1v) is 21.3. The molecule has 3 N–H and O–H groups in total. The number of carbonyl (C=O) groups is 3. The number of carboxylic acid groups (broad SMARTS) is 1. The molecule has 0 bridgehead atoms. The van der Waals surface area contributed by atoms with E-state index >= 15 is 0 Å². The van der Waals surface area contributed by atoms with Gasteiger partial charge in [-0.1, -0.05) is 49.4 Å². The molecule has 67 heavy (non-hydrogen) atoms. The predicted molar refractivity (Wildman–Crippen MR) is 245 cm³/mol. The van der Waals surface area contributed by atoms with Crippen molar-refractivity contribution in [2.24, 2.45) is 14.1 Å². The Morgan fingerprint density at radius 3 is 1.24 bits per heavy atom. The normalized spacial score (nSPS) is 11.3. The van der Waals surface area contributed by atoms with Crippen molar-refractivity contribution in [1.29, 1.82) is 0 Å². The molecule has 0 radical (unpaired) electrons. The highest BCUT2D eigenvalue weighted by atomic mass is 32.2. The Morgan fingerprint density at radius 1 is 0.567 bits per heavy atom. The average Bonchev–Trinajstić information content (AvgIpc) is 3.23. The van der Waals surface area contributed by atoms with Gasteiger partial charge in [-0.3, -0.25) is 0 Å². The van der Waals surface area contributed by atoms with Gasteiger partial charge in [-0.25, -0.2) is 22.8 Å². The molecule has 8 aromatic rings. The summed E-state index contributed by atoms with van der Waals surface area (Å²) in [4.78, 5) is 38.0. The Morgan fingerprint density at radius 2 is 0.896 bits per heavy atom. The number of fused-ring (bicyclic) bond motifs is 4. The highest BCUT2D eigenvalue weighted by molar-refractivity contribution is 7.86. The summed E-state index contributed by atoms with van der Waals surface area (Å²) in [6, 6.07) is 32.1. The molecule has 2 heterocycles. The van der Waals surface area contributed by atoms with Gasteiger partial charge in [0, 0.05) is 24.3 Å². The first kappa shape index (κ1) is 50.4. The summed E-state index contributed by atoms with van der Waals surface area (Å²) in [6.07, 6.45) is 0. The number of ether oxygens (including phenoxy) is 2. The van der Waals surface area contributed by atoms with Gasteiger partial charge < -0.3 is 29.3 Å². The molecule has 348 valence electrons. The smallest absolute Gasteiger partial charge is 0.485 e. The average molecular weight is 940 g/mol. The van der Waals surface area contributed by atoms with E-state index in [1.807, 2.05) is 111 Å². The molecule has 13 nitrogen and oxygen atoms in total. The molecule has 0 amide bonds. The number of aromatic hydroxyl groups is 2. The molecule has 0 unspecified atom stereocenters. The predicted octanol–water partition coefficient (Wildman–Crippen LogP) is 9.41. The van der Waals surface area contributed by atoms with Crippen molar-refractivity contribution in [2.75, 3.05) is 0 Å². The topological polar surface area (TPSA) is 195 Å². The number of alkyl halides is 3. The van der Waals surface area contributed by atoms with Crippen LogP contribution in [0.4, 0.5) is 13.2 Å². The molecule has 0 fully saturated rings. The van der Waals surface area contributed by atoms with Crippen molar-refractivity contribution in [3.8, 4) is 23.0 Å². The standard InChI is InChI=1S/C24H19NO5.C24H21NO3.CHF3O3S.CH4/c1-13-10-15(23(27)28)11-14(2)22(13)30-24(29)21-17-6-4-5-7-19(17)25(3)20-9-8-16(26)12-18(20)21;1-14-11-15(2)23(16(3)12-14)28-24(27)22-18-7-5-6-8-20(18)25(4)21-10-9-17(26)13-19(21)22;2-1(3,4)8(5,6)7;/h4-12H,1-3H3,(H-,26,27,28,29);5-13H,1-4H3;(H,5,6,7);1H4/p+1. The lowest BCUT2D eigenvalue weighted by Gasteiger charge is -2.14. The van der Waals surface area contributed by atoms with E-state index in [9.17, 15) is 42.9 Å². The van der Waals surface area contributed by atoms with E-state index in [1.54, 1.807) is 44.2 Å². The zero-order valence-electron chi connectivity index (χ0n) is 36.4. The van der Waals surface area contributed by atoms with Crippen LogP contribution in [0, 0.1) is 34.6 Å². The summed E-state index contributed by atoms with van der Waals surface area (Å²) in [6.45, 7) is 9.31. The maximum Gasteiger partial charge on any atom is 0.485 e. The van der Waals surface area contributed by atoms with Crippen LogP contribution in [-0.2, 0) is 24.2 Å². The van der Waals surface area contributed by atoms with Crippen LogP contribution in [0.5, 0.6) is 23.0 Å². The maximum absolute atomic E-state index is 13.4. The Balaban J connectivity index is 0.000000214. The SMILES string of the molecule is C.Cc1cc(C(=O)O)cc(C)c1OC(=O)c1c2ccccc2[n+](C)c2ccc(O)cc12.Cc1cc(C)c(OC(=O)c2c3ccccc3[n+](C)c3ccc(O)cc23)c(C)c1.O=S(=O)([O-])C(F)(F)F. The van der Waals surface area contributed by atoms with E-state index < -0.39 is 33.5 Å². The Kier molecular flexibility index (Phi) is 14.6. The fourth-order valence-corrected chi connectivity index (χ4v) is 7.83. The number of para-hydroxylation sites is 2. The summed E-state index contributed by atoms with van der Waals surface area (Å²) < 4.78 is 74.5. The minimum absolute atomic E-state index is 0. The fourth-order valence-electron chi connectivity index (χ4n) is 7.83. The molecule has 8 rings (SSSR count). The third-order valence-electron chi connectivity index (χ3n) is 10.7. The molecule has 2 aromatic heterocycles. The van der Waals surface area contributed by atoms with Crippen LogP contribution >= 0.6 is 0 Å². The number of rotatable bonds is 5. The van der Waals surface area contributed by atoms with Crippen molar-refractivity contribution in [1.82, 2.24) is 0 Å². The molecule has 0 aliphatic rings. The number of pyridine rings is 2. The second-order valence-corrected chi connectivity index (χ2v) is 16.8. The van der Waals surface area contributed by atoms with Gasteiger partial charge in [0.2, 0.25) is 22.1 Å². The number of phenolic OH excluding ortho intramolecular Hbond substituents is 2. The van der Waals surface area contributed by atoms with Crippen molar-refractivity contribution in [2.45, 2.75) is 47.6 Å². The summed E-state index contributed by atoms with van der Waals surface area (Å²) in [5.41, 5.74) is 2.75. The number of carboxylic acids is 1. The second kappa shape index (κ2) is 19.5. The van der Waals surface area contributed by atoms with Crippen LogP contribution in [0.3, 0.4) is 0 Å². The van der Waals surface area contributed by atoms with Gasteiger partial charge in [0.15, 0.2) is 10.1 Å². The van der Waals surface area contributed by atoms with Gasteiger partial charge in [-0.05, 0) is 105 Å². The number of phenols is 2. The third kappa shape index (κ3) is 10.4. The van der Waals surface area contributed by atoms with E-state index in [4.69, 9.17) is 22.4 Å². The second-order valence-electron chi connectivity index (χ2n) is 15.5. The Labute approximate surface area is 383 Å². The van der Waals surface area contributed by atoms with Gasteiger partial charge in [0.25, 0.3) is 0 Å². The third-order valence-corrected chi connectivity index (χ3v) is 11.3. The van der Waals surface area contributed by atoms with Crippen LogP contribution in [0.15, 0.2) is 109 Å². The Bertz CT molecular complexity index is 3360. The van der Waals surface area contributed by atoms with Crippen molar-refractivity contribution in [3.63, 3.8) is 0 Å². The number of hydrogen-bond acceptors (Lipinski definition) is 10. The highest BCUT2D eigenvalue weighted by Crippen LogP contribution is 2.33. The molecule has 0 aliphatic carbocycles. The molecule has 0 atom stereocenters. The molecular weight excluding hydrogens is 894 g/mol. The van der Waals surface area contributed by atoms with Crippen LogP contribution in [0.1, 0.15) is 66.3 Å². The highest BCUT2D eigenvalue weighted by Gasteiger charge is 2.37. The minimum Gasteiger partial charge on any atom is -0.741 e. The lowest BCUT2D eigenvalue weighted by molar-refractivity contribution is -0.617. The minimum atomic E-state index is -6.09. The molecule has 0 saturated heterocycles. The molecule has 0 spiro atoms.